The van der Waals surface area contributed by atoms with E-state index < -0.39 is 0 Å². The van der Waals surface area contributed by atoms with Gasteiger partial charge in [0.25, 0.3) is 0 Å². The summed E-state index contributed by atoms with van der Waals surface area (Å²) in [5.74, 6) is -0.329. The van der Waals surface area contributed by atoms with Crippen molar-refractivity contribution in [2.24, 2.45) is 5.73 Å². The quantitative estimate of drug-likeness (QED) is 0.918. The van der Waals surface area contributed by atoms with E-state index in [2.05, 4.69) is 30.7 Å². The molecule has 2 heterocycles. The number of morpholine rings is 1. The Hall–Kier alpha value is -1.04. The molecular formula is C15H24FN3O. The smallest absolute Gasteiger partial charge is 0.141 e. The van der Waals surface area contributed by atoms with Gasteiger partial charge < -0.3 is 10.5 Å². The second kappa shape index (κ2) is 6.16. The zero-order valence-corrected chi connectivity index (χ0v) is 12.5. The minimum Gasteiger partial charge on any atom is -0.370 e. The molecule has 0 spiro atoms. The lowest BCUT2D eigenvalue weighted by atomic mass is 10.0. The molecule has 0 saturated carbocycles. The lowest BCUT2D eigenvalue weighted by Crippen LogP contribution is -2.52. The van der Waals surface area contributed by atoms with Crippen LogP contribution in [0.15, 0.2) is 18.3 Å². The van der Waals surface area contributed by atoms with Crippen LogP contribution in [0.25, 0.3) is 0 Å². The van der Waals surface area contributed by atoms with Crippen LogP contribution >= 0.6 is 0 Å². The zero-order chi connectivity index (χ0) is 14.8. The Kier molecular flexibility index (Phi) is 4.73. The summed E-state index contributed by atoms with van der Waals surface area (Å²) in [6.07, 6.45) is 2.26. The first-order valence-electron chi connectivity index (χ1n) is 7.13. The summed E-state index contributed by atoms with van der Waals surface area (Å²) < 4.78 is 18.7. The molecular weight excluding hydrogens is 257 g/mol. The molecule has 2 N–H and O–H groups in total. The summed E-state index contributed by atoms with van der Waals surface area (Å²) in [5, 5.41) is 0. The molecule has 0 aliphatic carbocycles. The molecule has 1 aliphatic rings. The Labute approximate surface area is 120 Å². The summed E-state index contributed by atoms with van der Waals surface area (Å²) >= 11 is 0. The van der Waals surface area contributed by atoms with E-state index >= 15 is 0 Å². The van der Waals surface area contributed by atoms with E-state index in [0.29, 0.717) is 0 Å². The number of ether oxygens (including phenoxy) is 1. The molecule has 0 bridgehead atoms. The topological polar surface area (TPSA) is 51.4 Å². The van der Waals surface area contributed by atoms with Gasteiger partial charge >= 0.3 is 0 Å². The predicted molar refractivity (Wildman–Crippen MR) is 76.8 cm³/mol. The first-order chi connectivity index (χ1) is 9.35. The van der Waals surface area contributed by atoms with Gasteiger partial charge in [0.2, 0.25) is 0 Å². The first kappa shape index (κ1) is 15.4. The third-order valence-corrected chi connectivity index (χ3v) is 3.53. The average molecular weight is 281 g/mol. The molecule has 2 atom stereocenters. The van der Waals surface area contributed by atoms with Gasteiger partial charge in [-0.05, 0) is 39.3 Å². The molecule has 1 saturated heterocycles. The monoisotopic (exact) mass is 281 g/mol. The summed E-state index contributed by atoms with van der Waals surface area (Å²) in [4.78, 5) is 6.41. The van der Waals surface area contributed by atoms with Crippen molar-refractivity contribution in [3.8, 4) is 0 Å². The van der Waals surface area contributed by atoms with Crippen molar-refractivity contribution >= 4 is 0 Å². The number of aromatic nitrogens is 1. The second-order valence-corrected chi connectivity index (χ2v) is 6.22. The molecule has 4 nitrogen and oxygen atoms in total. The Morgan fingerprint density at radius 3 is 2.90 bits per heavy atom. The van der Waals surface area contributed by atoms with Crippen LogP contribution in [0.1, 0.15) is 38.9 Å². The van der Waals surface area contributed by atoms with Gasteiger partial charge in [0.15, 0.2) is 0 Å². The fraction of sp³-hybridized carbons (Fsp3) is 0.667. The van der Waals surface area contributed by atoms with E-state index in [1.54, 1.807) is 6.07 Å². The molecule has 0 amide bonds. The van der Waals surface area contributed by atoms with Crippen LogP contribution in [0.5, 0.6) is 0 Å². The zero-order valence-electron chi connectivity index (χ0n) is 12.5. The normalized spacial score (nSPS) is 24.6. The highest BCUT2D eigenvalue weighted by Gasteiger charge is 2.31. The largest absolute Gasteiger partial charge is 0.370 e. The molecule has 0 aromatic carbocycles. The predicted octanol–water partition coefficient (Wildman–Crippen LogP) is 2.11. The molecule has 2 rings (SSSR count). The third kappa shape index (κ3) is 4.23. The highest BCUT2D eigenvalue weighted by molar-refractivity contribution is 5.09. The summed E-state index contributed by atoms with van der Waals surface area (Å²) in [6, 6.07) is 2.91. The molecule has 2 unspecified atom stereocenters. The molecule has 20 heavy (non-hydrogen) atoms. The Balaban J connectivity index is 1.86. The Morgan fingerprint density at radius 2 is 2.30 bits per heavy atom. The number of nitrogens with zero attached hydrogens (tertiary/aromatic N) is 2. The molecule has 112 valence electrons. The van der Waals surface area contributed by atoms with Crippen LogP contribution in [0.3, 0.4) is 0 Å². The van der Waals surface area contributed by atoms with E-state index in [1.165, 1.54) is 12.3 Å². The second-order valence-electron chi connectivity index (χ2n) is 6.22. The van der Waals surface area contributed by atoms with Gasteiger partial charge in [0, 0.05) is 25.7 Å². The van der Waals surface area contributed by atoms with Gasteiger partial charge in [0.1, 0.15) is 5.82 Å². The molecule has 1 aromatic heterocycles. The van der Waals surface area contributed by atoms with Crippen molar-refractivity contribution in [1.82, 2.24) is 9.88 Å². The summed E-state index contributed by atoms with van der Waals surface area (Å²) in [6.45, 7) is 9.04. The fourth-order valence-electron chi connectivity index (χ4n) is 2.83. The molecule has 1 fully saturated rings. The van der Waals surface area contributed by atoms with Crippen molar-refractivity contribution in [2.45, 2.75) is 44.9 Å². The number of pyridine rings is 1. The van der Waals surface area contributed by atoms with E-state index in [1.807, 2.05) is 0 Å². The minimum atomic E-state index is -0.329. The Bertz CT molecular complexity index is 435. The van der Waals surface area contributed by atoms with Gasteiger partial charge in [-0.25, -0.2) is 4.39 Å². The lowest BCUT2D eigenvalue weighted by Gasteiger charge is -2.42. The van der Waals surface area contributed by atoms with Crippen LogP contribution < -0.4 is 5.73 Å². The van der Waals surface area contributed by atoms with Crippen LogP contribution in [-0.2, 0) is 4.74 Å². The van der Waals surface area contributed by atoms with Crippen molar-refractivity contribution in [1.29, 1.82) is 0 Å². The first-order valence-corrected chi connectivity index (χ1v) is 7.13. The molecule has 1 aliphatic heterocycles. The van der Waals surface area contributed by atoms with Crippen molar-refractivity contribution in [2.75, 3.05) is 19.6 Å². The number of halogens is 1. The summed E-state index contributed by atoms with van der Waals surface area (Å²) in [5.41, 5.74) is 6.75. The van der Waals surface area contributed by atoms with Crippen LogP contribution in [0.4, 0.5) is 4.39 Å². The molecule has 5 heteroatoms. The van der Waals surface area contributed by atoms with Crippen molar-refractivity contribution < 1.29 is 9.13 Å². The number of rotatable bonds is 4. The van der Waals surface area contributed by atoms with Crippen LogP contribution in [0, 0.1) is 5.82 Å². The van der Waals surface area contributed by atoms with Crippen molar-refractivity contribution in [3.05, 3.63) is 29.8 Å². The molecule has 0 radical (unpaired) electrons. The average Bonchev–Trinajstić information content (AvgIpc) is 2.34. The van der Waals surface area contributed by atoms with E-state index in [4.69, 9.17) is 10.5 Å². The number of hydrogen-bond acceptors (Lipinski definition) is 4. The van der Waals surface area contributed by atoms with Gasteiger partial charge in [-0.2, -0.15) is 0 Å². The fourth-order valence-corrected chi connectivity index (χ4v) is 2.83. The Morgan fingerprint density at radius 1 is 1.55 bits per heavy atom. The third-order valence-electron chi connectivity index (χ3n) is 3.53. The maximum Gasteiger partial charge on any atom is 0.141 e. The summed E-state index contributed by atoms with van der Waals surface area (Å²) in [7, 11) is 0. The van der Waals surface area contributed by atoms with Gasteiger partial charge in [-0.1, -0.05) is 0 Å². The lowest BCUT2D eigenvalue weighted by molar-refractivity contribution is -0.128. The van der Waals surface area contributed by atoms with Crippen LogP contribution in [-0.4, -0.2) is 41.2 Å². The maximum absolute atomic E-state index is 12.8. The van der Waals surface area contributed by atoms with Gasteiger partial charge in [-0.15, -0.1) is 0 Å². The highest BCUT2D eigenvalue weighted by Crippen LogP contribution is 2.22. The van der Waals surface area contributed by atoms with Crippen LogP contribution in [0.2, 0.25) is 0 Å². The SMILES string of the molecule is CC1CN(CCC(N)c2ccc(F)cn2)CC(C)(C)O1. The van der Waals surface area contributed by atoms with E-state index in [9.17, 15) is 4.39 Å². The standard InChI is InChI=1S/C15H24FN3O/c1-11-9-19(10-15(2,3)20-11)7-6-13(17)14-5-4-12(16)8-18-14/h4-5,8,11,13H,6-7,9-10,17H2,1-3H3. The highest BCUT2D eigenvalue weighted by atomic mass is 19.1. The number of hydrogen-bond donors (Lipinski definition) is 1. The van der Waals surface area contributed by atoms with E-state index in [0.717, 1.165) is 31.7 Å². The van der Waals surface area contributed by atoms with E-state index in [-0.39, 0.29) is 23.6 Å². The minimum absolute atomic E-state index is 0.115. The molecule has 1 aromatic rings. The van der Waals surface area contributed by atoms with Crippen molar-refractivity contribution in [3.63, 3.8) is 0 Å². The number of nitrogens with two attached hydrogens (primary N) is 1. The van der Waals surface area contributed by atoms with Gasteiger partial charge in [-0.3, -0.25) is 9.88 Å². The van der Waals surface area contributed by atoms with Gasteiger partial charge in [0.05, 0.1) is 23.6 Å². The maximum atomic E-state index is 12.8.